The van der Waals surface area contributed by atoms with E-state index in [1.807, 2.05) is 51.0 Å². The molecule has 1 aromatic carbocycles. The minimum Gasteiger partial charge on any atom is -0.492 e. The minimum absolute atomic E-state index is 0.147. The van der Waals surface area contributed by atoms with Crippen LogP contribution in [0.25, 0.3) is 0 Å². The Morgan fingerprint density at radius 2 is 2.17 bits per heavy atom. The summed E-state index contributed by atoms with van der Waals surface area (Å²) in [6, 6.07) is 5.87. The van der Waals surface area contributed by atoms with Crippen LogP contribution in [0.15, 0.2) is 18.2 Å². The van der Waals surface area contributed by atoms with Gasteiger partial charge >= 0.3 is 0 Å². The Balaban J connectivity index is 2.44. The van der Waals surface area contributed by atoms with Crippen molar-refractivity contribution in [3.63, 3.8) is 0 Å². The Labute approximate surface area is 109 Å². The molecule has 1 aliphatic rings. The van der Waals surface area contributed by atoms with E-state index in [9.17, 15) is 4.79 Å². The first-order chi connectivity index (χ1) is 8.50. The smallest absolute Gasteiger partial charge is 0.186 e. The van der Waals surface area contributed by atoms with Gasteiger partial charge in [-0.15, -0.1) is 0 Å². The van der Waals surface area contributed by atoms with Gasteiger partial charge in [0.1, 0.15) is 5.75 Å². The number of likely N-dealkylation sites (N-methyl/N-ethyl adjacent to an activating group) is 1. The lowest BCUT2D eigenvalue weighted by molar-refractivity contribution is 0.0707. The second-order valence-electron chi connectivity index (χ2n) is 5.24. The van der Waals surface area contributed by atoms with E-state index in [-0.39, 0.29) is 5.78 Å². The summed E-state index contributed by atoms with van der Waals surface area (Å²) in [6.07, 6.45) is 1.68. The first-order valence-corrected chi connectivity index (χ1v) is 6.47. The first-order valence-electron chi connectivity index (χ1n) is 6.47. The molecule has 0 radical (unpaired) electrons. The fourth-order valence-electron chi connectivity index (χ4n) is 2.36. The number of benzene rings is 1. The van der Waals surface area contributed by atoms with Crippen molar-refractivity contribution in [3.8, 4) is 5.75 Å². The van der Waals surface area contributed by atoms with Crippen LogP contribution >= 0.6 is 0 Å². The number of carbonyl (C=O) groups is 1. The van der Waals surface area contributed by atoms with Gasteiger partial charge in [0.15, 0.2) is 5.78 Å². The summed E-state index contributed by atoms with van der Waals surface area (Å²) in [4.78, 5) is 14.8. The molecule has 1 aliphatic heterocycles. The molecule has 98 valence electrons. The number of ketones is 1. The lowest BCUT2D eigenvalue weighted by Gasteiger charge is -2.34. The molecule has 0 aromatic heterocycles. The lowest BCUT2D eigenvalue weighted by atomic mass is 9.86. The van der Waals surface area contributed by atoms with Crippen molar-refractivity contribution in [2.45, 2.75) is 32.2 Å². The SMILES string of the molecule is CCC(C)(C(=O)c1cccc2c1OCC2)N(C)C. The van der Waals surface area contributed by atoms with Gasteiger partial charge in [0.2, 0.25) is 0 Å². The van der Waals surface area contributed by atoms with Crippen LogP contribution < -0.4 is 4.74 Å². The van der Waals surface area contributed by atoms with Crippen LogP contribution in [-0.2, 0) is 6.42 Å². The second kappa shape index (κ2) is 4.73. The monoisotopic (exact) mass is 247 g/mol. The van der Waals surface area contributed by atoms with Crippen molar-refractivity contribution < 1.29 is 9.53 Å². The molecule has 0 bridgehead atoms. The highest BCUT2D eigenvalue weighted by molar-refractivity contribution is 6.05. The Kier molecular flexibility index (Phi) is 3.44. The highest BCUT2D eigenvalue weighted by Crippen LogP contribution is 2.33. The minimum atomic E-state index is -0.471. The van der Waals surface area contributed by atoms with Crippen molar-refractivity contribution in [2.75, 3.05) is 20.7 Å². The Bertz CT molecular complexity index is 468. The first kappa shape index (κ1) is 13.1. The normalized spacial score (nSPS) is 17.2. The number of nitrogens with zero attached hydrogens (tertiary/aromatic N) is 1. The molecule has 3 nitrogen and oxygen atoms in total. The summed E-state index contributed by atoms with van der Waals surface area (Å²) in [7, 11) is 3.90. The molecule has 0 saturated carbocycles. The highest BCUT2D eigenvalue weighted by atomic mass is 16.5. The summed E-state index contributed by atoms with van der Waals surface area (Å²) in [5.41, 5.74) is 1.40. The molecule has 0 fully saturated rings. The third-order valence-corrected chi connectivity index (χ3v) is 4.12. The maximum absolute atomic E-state index is 12.8. The van der Waals surface area contributed by atoms with Crippen LogP contribution in [-0.4, -0.2) is 36.9 Å². The van der Waals surface area contributed by atoms with Gasteiger partial charge in [-0.05, 0) is 39.1 Å². The number of rotatable bonds is 4. The zero-order valence-electron chi connectivity index (χ0n) is 11.6. The van der Waals surface area contributed by atoms with E-state index in [1.54, 1.807) is 0 Å². The van der Waals surface area contributed by atoms with Gasteiger partial charge < -0.3 is 4.74 Å². The molecule has 1 unspecified atom stereocenters. The van der Waals surface area contributed by atoms with Gasteiger partial charge in [-0.25, -0.2) is 0 Å². The van der Waals surface area contributed by atoms with E-state index in [4.69, 9.17) is 4.74 Å². The molecular weight excluding hydrogens is 226 g/mol. The van der Waals surface area contributed by atoms with Crippen molar-refractivity contribution in [1.29, 1.82) is 0 Å². The predicted octanol–water partition coefficient (Wildman–Crippen LogP) is 2.53. The van der Waals surface area contributed by atoms with Gasteiger partial charge in [0, 0.05) is 6.42 Å². The van der Waals surface area contributed by atoms with Gasteiger partial charge in [0.25, 0.3) is 0 Å². The average molecular weight is 247 g/mol. The molecule has 2 rings (SSSR count). The fourth-order valence-corrected chi connectivity index (χ4v) is 2.36. The van der Waals surface area contributed by atoms with Gasteiger partial charge in [-0.2, -0.15) is 0 Å². The molecule has 0 spiro atoms. The van der Waals surface area contributed by atoms with Crippen molar-refractivity contribution in [3.05, 3.63) is 29.3 Å². The highest BCUT2D eigenvalue weighted by Gasteiger charge is 2.36. The standard InChI is InChI=1S/C15H21NO2/c1-5-15(2,16(3)4)14(17)12-8-6-7-11-9-10-18-13(11)12/h6-8H,5,9-10H2,1-4H3. The number of Topliss-reactive ketones (excluding diaryl/α,β-unsaturated/α-hetero) is 1. The number of hydrogen-bond donors (Lipinski definition) is 0. The van der Waals surface area contributed by atoms with Crippen LogP contribution in [0.1, 0.15) is 36.2 Å². The molecule has 0 aliphatic carbocycles. The summed E-state index contributed by atoms with van der Waals surface area (Å²) in [5, 5.41) is 0. The maximum atomic E-state index is 12.8. The fraction of sp³-hybridized carbons (Fsp3) is 0.533. The van der Waals surface area contributed by atoms with Gasteiger partial charge in [-0.3, -0.25) is 9.69 Å². The molecule has 1 aromatic rings. The van der Waals surface area contributed by atoms with Crippen molar-refractivity contribution >= 4 is 5.78 Å². The van der Waals surface area contributed by atoms with Crippen molar-refractivity contribution in [1.82, 2.24) is 4.90 Å². The van der Waals surface area contributed by atoms with E-state index in [0.717, 1.165) is 29.7 Å². The van der Waals surface area contributed by atoms with Crippen LogP contribution in [0.3, 0.4) is 0 Å². The second-order valence-corrected chi connectivity index (χ2v) is 5.24. The Morgan fingerprint density at radius 1 is 1.44 bits per heavy atom. The maximum Gasteiger partial charge on any atom is 0.186 e. The Morgan fingerprint density at radius 3 is 2.78 bits per heavy atom. The zero-order chi connectivity index (χ0) is 13.3. The van der Waals surface area contributed by atoms with Crippen LogP contribution in [0, 0.1) is 0 Å². The van der Waals surface area contributed by atoms with E-state index < -0.39 is 5.54 Å². The molecular formula is C15H21NO2. The van der Waals surface area contributed by atoms with E-state index in [2.05, 4.69) is 0 Å². The molecule has 1 heterocycles. The summed E-state index contributed by atoms with van der Waals surface area (Å²) in [5.74, 6) is 0.942. The van der Waals surface area contributed by atoms with E-state index >= 15 is 0 Å². The molecule has 3 heteroatoms. The number of ether oxygens (including phenoxy) is 1. The lowest BCUT2D eigenvalue weighted by Crippen LogP contribution is -2.48. The molecule has 0 saturated heterocycles. The molecule has 0 amide bonds. The molecule has 0 N–H and O–H groups in total. The largest absolute Gasteiger partial charge is 0.492 e. The van der Waals surface area contributed by atoms with Crippen LogP contribution in [0.2, 0.25) is 0 Å². The number of para-hydroxylation sites is 1. The third-order valence-electron chi connectivity index (χ3n) is 4.12. The number of carbonyl (C=O) groups excluding carboxylic acids is 1. The van der Waals surface area contributed by atoms with Crippen LogP contribution in [0.4, 0.5) is 0 Å². The van der Waals surface area contributed by atoms with Crippen molar-refractivity contribution in [2.24, 2.45) is 0 Å². The zero-order valence-corrected chi connectivity index (χ0v) is 11.6. The number of hydrogen-bond acceptors (Lipinski definition) is 3. The van der Waals surface area contributed by atoms with E-state index in [0.29, 0.717) is 6.61 Å². The van der Waals surface area contributed by atoms with Gasteiger partial charge in [-0.1, -0.05) is 19.1 Å². The van der Waals surface area contributed by atoms with Crippen LogP contribution in [0.5, 0.6) is 5.75 Å². The van der Waals surface area contributed by atoms with E-state index in [1.165, 1.54) is 0 Å². The topological polar surface area (TPSA) is 29.5 Å². The third kappa shape index (κ3) is 1.93. The predicted molar refractivity (Wildman–Crippen MR) is 72.4 cm³/mol. The summed E-state index contributed by atoms with van der Waals surface area (Å²) in [6.45, 7) is 4.72. The summed E-state index contributed by atoms with van der Waals surface area (Å²) >= 11 is 0. The van der Waals surface area contributed by atoms with Gasteiger partial charge in [0.05, 0.1) is 17.7 Å². The quantitative estimate of drug-likeness (QED) is 0.766. The Hall–Kier alpha value is -1.35. The molecule has 1 atom stereocenters. The average Bonchev–Trinajstić information content (AvgIpc) is 2.84. The molecule has 18 heavy (non-hydrogen) atoms. The number of fused-ring (bicyclic) bond motifs is 1. The summed E-state index contributed by atoms with van der Waals surface area (Å²) < 4.78 is 5.63.